The van der Waals surface area contributed by atoms with E-state index in [-0.39, 0.29) is 0 Å². The number of nitrogens with two attached hydrogens (primary N) is 1. The van der Waals surface area contributed by atoms with Crippen molar-refractivity contribution >= 4 is 0 Å². The summed E-state index contributed by atoms with van der Waals surface area (Å²) in [7, 11) is 0. The third kappa shape index (κ3) is 4.17. The highest BCUT2D eigenvalue weighted by atomic mass is 16.5. The van der Waals surface area contributed by atoms with E-state index in [0.717, 1.165) is 25.6 Å². The van der Waals surface area contributed by atoms with Crippen molar-refractivity contribution in [1.29, 1.82) is 0 Å². The summed E-state index contributed by atoms with van der Waals surface area (Å²) < 4.78 is 5.63. The molecular weight excluding hydrogens is 236 g/mol. The molecule has 2 fully saturated rings. The molecule has 0 radical (unpaired) electrons. The number of hydrogen-bond donors (Lipinski definition) is 1. The predicted molar refractivity (Wildman–Crippen MR) is 80.1 cm³/mol. The first-order chi connectivity index (χ1) is 8.86. The Morgan fingerprint density at radius 1 is 1.26 bits per heavy atom. The molecule has 2 rings (SSSR count). The van der Waals surface area contributed by atoms with Crippen molar-refractivity contribution in [2.75, 3.05) is 26.2 Å². The molecule has 0 amide bonds. The van der Waals surface area contributed by atoms with E-state index in [2.05, 4.69) is 32.6 Å². The number of morpholine rings is 1. The molecule has 1 aliphatic carbocycles. The number of rotatable bonds is 2. The van der Waals surface area contributed by atoms with E-state index in [1.165, 1.54) is 25.8 Å². The second-order valence-corrected chi connectivity index (χ2v) is 7.74. The van der Waals surface area contributed by atoms with Gasteiger partial charge in [-0.1, -0.05) is 20.8 Å². The summed E-state index contributed by atoms with van der Waals surface area (Å²) in [5.74, 6) is 1.50. The van der Waals surface area contributed by atoms with E-state index >= 15 is 0 Å². The highest BCUT2D eigenvalue weighted by Crippen LogP contribution is 2.40. The molecule has 19 heavy (non-hydrogen) atoms. The summed E-state index contributed by atoms with van der Waals surface area (Å²) in [6, 6.07) is 0.400. The average Bonchev–Trinajstić information content (AvgIpc) is 2.30. The minimum absolute atomic E-state index is 0.381. The van der Waals surface area contributed by atoms with Gasteiger partial charge < -0.3 is 10.5 Å². The van der Waals surface area contributed by atoms with Crippen LogP contribution in [0.2, 0.25) is 0 Å². The zero-order chi connectivity index (χ0) is 14.0. The first kappa shape index (κ1) is 15.3. The van der Waals surface area contributed by atoms with Crippen molar-refractivity contribution in [1.82, 2.24) is 4.90 Å². The quantitative estimate of drug-likeness (QED) is 0.836. The Hall–Kier alpha value is -0.120. The summed E-state index contributed by atoms with van der Waals surface area (Å²) in [4.78, 5) is 2.56. The van der Waals surface area contributed by atoms with E-state index < -0.39 is 0 Å². The van der Waals surface area contributed by atoms with Gasteiger partial charge in [0, 0.05) is 25.7 Å². The molecule has 112 valence electrons. The van der Waals surface area contributed by atoms with Gasteiger partial charge in [0.25, 0.3) is 0 Å². The van der Waals surface area contributed by atoms with Crippen LogP contribution in [-0.4, -0.2) is 43.3 Å². The zero-order valence-electron chi connectivity index (χ0n) is 13.2. The highest BCUT2D eigenvalue weighted by Gasteiger charge is 2.35. The first-order valence-electron chi connectivity index (χ1n) is 7.96. The molecule has 1 saturated heterocycles. The van der Waals surface area contributed by atoms with Gasteiger partial charge in [0.15, 0.2) is 0 Å². The third-order valence-corrected chi connectivity index (χ3v) is 5.08. The van der Waals surface area contributed by atoms with Gasteiger partial charge in [-0.3, -0.25) is 4.90 Å². The lowest BCUT2D eigenvalue weighted by Crippen LogP contribution is -2.49. The van der Waals surface area contributed by atoms with Crippen LogP contribution < -0.4 is 5.73 Å². The maximum absolute atomic E-state index is 6.38. The van der Waals surface area contributed by atoms with Crippen molar-refractivity contribution < 1.29 is 4.74 Å². The molecule has 0 bridgehead atoms. The van der Waals surface area contributed by atoms with Gasteiger partial charge in [-0.25, -0.2) is 0 Å². The number of ether oxygens (including phenoxy) is 1. The summed E-state index contributed by atoms with van der Waals surface area (Å²) in [6.07, 6.45) is 4.19. The van der Waals surface area contributed by atoms with Crippen LogP contribution in [-0.2, 0) is 4.74 Å². The third-order valence-electron chi connectivity index (χ3n) is 5.08. The van der Waals surface area contributed by atoms with Crippen molar-refractivity contribution in [3.05, 3.63) is 0 Å². The maximum atomic E-state index is 6.38. The van der Waals surface area contributed by atoms with Crippen LogP contribution in [0, 0.1) is 17.3 Å². The van der Waals surface area contributed by atoms with Crippen LogP contribution in [0.3, 0.4) is 0 Å². The molecule has 4 atom stereocenters. The second-order valence-electron chi connectivity index (χ2n) is 7.74. The Balaban J connectivity index is 1.90. The minimum atomic E-state index is 0.381. The van der Waals surface area contributed by atoms with Gasteiger partial charge in [0.05, 0.1) is 12.7 Å². The molecule has 3 nitrogen and oxygen atoms in total. The predicted octanol–water partition coefficient (Wildman–Crippen LogP) is 2.50. The summed E-state index contributed by atoms with van der Waals surface area (Å²) >= 11 is 0. The molecule has 2 N–H and O–H groups in total. The summed E-state index contributed by atoms with van der Waals surface area (Å²) in [5.41, 5.74) is 6.81. The van der Waals surface area contributed by atoms with Crippen molar-refractivity contribution in [3.8, 4) is 0 Å². The molecule has 1 heterocycles. The molecule has 0 aromatic carbocycles. The van der Waals surface area contributed by atoms with Crippen LogP contribution in [0.4, 0.5) is 0 Å². The fourth-order valence-electron chi connectivity index (χ4n) is 3.67. The van der Waals surface area contributed by atoms with Gasteiger partial charge in [-0.15, -0.1) is 0 Å². The lowest BCUT2D eigenvalue weighted by Gasteiger charge is -2.43. The Morgan fingerprint density at radius 2 is 2.00 bits per heavy atom. The van der Waals surface area contributed by atoms with Gasteiger partial charge in [-0.2, -0.15) is 0 Å². The van der Waals surface area contributed by atoms with Gasteiger partial charge >= 0.3 is 0 Å². The molecule has 0 aromatic heterocycles. The zero-order valence-corrected chi connectivity index (χ0v) is 13.2. The SMILES string of the molecule is CC1CN(CC2CC(C(C)(C)C)CCC2N)CCO1. The highest BCUT2D eigenvalue weighted by molar-refractivity contribution is 4.89. The summed E-state index contributed by atoms with van der Waals surface area (Å²) in [6.45, 7) is 13.5. The molecule has 1 aliphatic heterocycles. The molecule has 3 heteroatoms. The normalized spacial score (nSPS) is 38.4. The van der Waals surface area contributed by atoms with Crippen LogP contribution >= 0.6 is 0 Å². The van der Waals surface area contributed by atoms with Gasteiger partial charge in [0.1, 0.15) is 0 Å². The van der Waals surface area contributed by atoms with E-state index in [1.807, 2.05) is 0 Å². The lowest BCUT2D eigenvalue weighted by molar-refractivity contribution is -0.0290. The molecule has 0 spiro atoms. The Morgan fingerprint density at radius 3 is 2.63 bits per heavy atom. The summed E-state index contributed by atoms with van der Waals surface area (Å²) in [5, 5.41) is 0. The Labute approximate surface area is 118 Å². The van der Waals surface area contributed by atoms with E-state index in [0.29, 0.717) is 23.5 Å². The van der Waals surface area contributed by atoms with Crippen molar-refractivity contribution in [3.63, 3.8) is 0 Å². The molecule has 4 unspecified atom stereocenters. The van der Waals surface area contributed by atoms with Crippen LogP contribution in [0.15, 0.2) is 0 Å². The molecule has 2 aliphatic rings. The minimum Gasteiger partial charge on any atom is -0.376 e. The largest absolute Gasteiger partial charge is 0.376 e. The Bertz CT molecular complexity index is 287. The number of nitrogens with zero attached hydrogens (tertiary/aromatic N) is 1. The standard InChI is InChI=1S/C16H32N2O/c1-12-10-18(7-8-19-12)11-13-9-14(16(2,3)4)5-6-15(13)17/h12-15H,5-11,17H2,1-4H3. The lowest BCUT2D eigenvalue weighted by atomic mass is 9.67. The first-order valence-corrected chi connectivity index (χ1v) is 7.96. The van der Waals surface area contributed by atoms with Gasteiger partial charge in [0.2, 0.25) is 0 Å². The van der Waals surface area contributed by atoms with E-state index in [4.69, 9.17) is 10.5 Å². The van der Waals surface area contributed by atoms with Crippen molar-refractivity contribution in [2.24, 2.45) is 23.0 Å². The maximum Gasteiger partial charge on any atom is 0.0674 e. The average molecular weight is 268 g/mol. The van der Waals surface area contributed by atoms with Crippen LogP contribution in [0.1, 0.15) is 47.0 Å². The Kier molecular flexibility index (Phi) is 4.91. The van der Waals surface area contributed by atoms with E-state index in [9.17, 15) is 0 Å². The molecule has 1 saturated carbocycles. The molecular formula is C16H32N2O. The van der Waals surface area contributed by atoms with Crippen LogP contribution in [0.25, 0.3) is 0 Å². The van der Waals surface area contributed by atoms with Crippen molar-refractivity contribution in [2.45, 2.75) is 59.1 Å². The fourth-order valence-corrected chi connectivity index (χ4v) is 3.67. The van der Waals surface area contributed by atoms with Gasteiger partial charge in [-0.05, 0) is 43.4 Å². The van der Waals surface area contributed by atoms with Crippen LogP contribution in [0.5, 0.6) is 0 Å². The second kappa shape index (κ2) is 6.11. The molecule has 0 aromatic rings. The number of hydrogen-bond acceptors (Lipinski definition) is 3. The monoisotopic (exact) mass is 268 g/mol. The topological polar surface area (TPSA) is 38.5 Å². The smallest absolute Gasteiger partial charge is 0.0674 e. The van der Waals surface area contributed by atoms with E-state index in [1.54, 1.807) is 0 Å². The fraction of sp³-hybridized carbons (Fsp3) is 1.00.